The van der Waals surface area contributed by atoms with Crippen LogP contribution in [0.25, 0.3) is 0 Å². The quantitative estimate of drug-likeness (QED) is 0.731. The third-order valence-electron chi connectivity index (χ3n) is 2.36. The van der Waals surface area contributed by atoms with Crippen LogP contribution in [0, 0.1) is 0 Å². The summed E-state index contributed by atoms with van der Waals surface area (Å²) in [5, 5.41) is 7.96. The summed E-state index contributed by atoms with van der Waals surface area (Å²) in [7, 11) is 1.58. The first-order valence-corrected chi connectivity index (χ1v) is 5.86. The van der Waals surface area contributed by atoms with Crippen LogP contribution >= 0.6 is 0 Å². The monoisotopic (exact) mass is 265 g/mol. The molecule has 0 N–H and O–H groups in total. The van der Waals surface area contributed by atoms with Crippen LogP contribution in [-0.2, 0) is 22.6 Å². The van der Waals surface area contributed by atoms with E-state index in [1.807, 2.05) is 0 Å². The molecule has 0 saturated carbocycles. The summed E-state index contributed by atoms with van der Waals surface area (Å²) >= 11 is 0. The fourth-order valence-electron chi connectivity index (χ4n) is 1.58. The summed E-state index contributed by atoms with van der Waals surface area (Å²) in [5.41, 5.74) is 1.13. The van der Waals surface area contributed by atoms with E-state index >= 15 is 0 Å². The Morgan fingerprint density at radius 2 is 2.37 bits per heavy atom. The van der Waals surface area contributed by atoms with Crippen molar-refractivity contribution < 1.29 is 18.8 Å². The van der Waals surface area contributed by atoms with Crippen molar-refractivity contribution in [2.75, 3.05) is 13.7 Å². The van der Waals surface area contributed by atoms with Crippen LogP contribution in [-0.4, -0.2) is 34.6 Å². The second kappa shape index (κ2) is 6.14. The van der Waals surface area contributed by atoms with E-state index in [4.69, 9.17) is 14.0 Å². The number of methoxy groups -OCH3 is 1. The maximum atomic E-state index is 11.5. The average molecular weight is 265 g/mol. The molecule has 0 aliphatic heterocycles. The highest BCUT2D eigenvalue weighted by Crippen LogP contribution is 2.07. The van der Waals surface area contributed by atoms with Crippen LogP contribution in [0.3, 0.4) is 0 Å². The van der Waals surface area contributed by atoms with Crippen LogP contribution in [0.4, 0.5) is 0 Å². The molecule has 2 aromatic rings. The summed E-state index contributed by atoms with van der Waals surface area (Å²) in [4.78, 5) is 11.5. The van der Waals surface area contributed by atoms with Crippen molar-refractivity contribution in [1.29, 1.82) is 0 Å². The summed E-state index contributed by atoms with van der Waals surface area (Å²) in [6.07, 6.45) is 3.08. The van der Waals surface area contributed by atoms with Crippen molar-refractivity contribution in [3.63, 3.8) is 0 Å². The second-order valence-electron chi connectivity index (χ2n) is 3.86. The van der Waals surface area contributed by atoms with Crippen LogP contribution in [0.1, 0.15) is 28.7 Å². The SMILES string of the molecule is CCOC(=O)c1cnn(Cc2cc(COC)on2)c1. The molecule has 19 heavy (non-hydrogen) atoms. The van der Waals surface area contributed by atoms with Gasteiger partial charge in [0.25, 0.3) is 0 Å². The largest absolute Gasteiger partial charge is 0.462 e. The lowest BCUT2D eigenvalue weighted by atomic mass is 10.3. The van der Waals surface area contributed by atoms with Crippen molar-refractivity contribution in [1.82, 2.24) is 14.9 Å². The van der Waals surface area contributed by atoms with Gasteiger partial charge in [0.15, 0.2) is 5.76 Å². The maximum absolute atomic E-state index is 11.5. The van der Waals surface area contributed by atoms with Gasteiger partial charge in [0, 0.05) is 19.4 Å². The van der Waals surface area contributed by atoms with Crippen molar-refractivity contribution >= 4 is 5.97 Å². The van der Waals surface area contributed by atoms with Crippen LogP contribution in [0.2, 0.25) is 0 Å². The normalized spacial score (nSPS) is 10.6. The van der Waals surface area contributed by atoms with Gasteiger partial charge >= 0.3 is 5.97 Å². The first-order chi connectivity index (χ1) is 9.22. The molecule has 0 amide bonds. The zero-order chi connectivity index (χ0) is 13.7. The molecule has 7 nitrogen and oxygen atoms in total. The molecule has 0 aromatic carbocycles. The lowest BCUT2D eigenvalue weighted by molar-refractivity contribution is 0.0526. The number of hydrogen-bond donors (Lipinski definition) is 0. The van der Waals surface area contributed by atoms with Gasteiger partial charge in [-0.2, -0.15) is 5.10 Å². The summed E-state index contributed by atoms with van der Waals surface area (Å²) in [6, 6.07) is 1.79. The molecule has 2 aromatic heterocycles. The van der Waals surface area contributed by atoms with E-state index in [-0.39, 0.29) is 5.97 Å². The molecule has 0 saturated heterocycles. The summed E-state index contributed by atoms with van der Waals surface area (Å²) in [5.74, 6) is 0.268. The Morgan fingerprint density at radius 1 is 1.53 bits per heavy atom. The third kappa shape index (κ3) is 3.41. The third-order valence-corrected chi connectivity index (χ3v) is 2.36. The molecule has 2 rings (SSSR count). The highest BCUT2D eigenvalue weighted by molar-refractivity contribution is 5.88. The minimum atomic E-state index is -0.381. The fraction of sp³-hybridized carbons (Fsp3) is 0.417. The Bertz CT molecular complexity index is 547. The molecule has 7 heteroatoms. The van der Waals surface area contributed by atoms with Gasteiger partial charge in [0.05, 0.1) is 24.9 Å². The molecule has 0 atom stereocenters. The molecular weight excluding hydrogens is 250 g/mol. The van der Waals surface area contributed by atoms with Gasteiger partial charge in [-0.15, -0.1) is 0 Å². The number of aromatic nitrogens is 3. The molecule has 0 unspecified atom stereocenters. The number of carbonyl (C=O) groups is 1. The second-order valence-corrected chi connectivity index (χ2v) is 3.86. The maximum Gasteiger partial charge on any atom is 0.341 e. The molecule has 0 aliphatic rings. The van der Waals surface area contributed by atoms with Gasteiger partial charge in [-0.3, -0.25) is 4.68 Å². The van der Waals surface area contributed by atoms with E-state index < -0.39 is 0 Å². The van der Waals surface area contributed by atoms with Gasteiger partial charge in [-0.25, -0.2) is 4.79 Å². The fourth-order valence-corrected chi connectivity index (χ4v) is 1.58. The predicted molar refractivity (Wildman–Crippen MR) is 64.5 cm³/mol. The smallest absolute Gasteiger partial charge is 0.341 e. The topological polar surface area (TPSA) is 79.4 Å². The first-order valence-electron chi connectivity index (χ1n) is 5.86. The number of nitrogens with zero attached hydrogens (tertiary/aromatic N) is 3. The molecule has 102 valence electrons. The van der Waals surface area contributed by atoms with Gasteiger partial charge < -0.3 is 14.0 Å². The van der Waals surface area contributed by atoms with Crippen molar-refractivity contribution in [2.45, 2.75) is 20.1 Å². The lowest BCUT2D eigenvalue weighted by Crippen LogP contribution is -2.04. The van der Waals surface area contributed by atoms with E-state index in [1.165, 1.54) is 6.20 Å². The molecule has 0 aliphatic carbocycles. The first kappa shape index (κ1) is 13.3. The zero-order valence-electron chi connectivity index (χ0n) is 10.8. The molecule has 2 heterocycles. The Balaban J connectivity index is 2.00. The van der Waals surface area contributed by atoms with Crippen LogP contribution < -0.4 is 0 Å². The molecular formula is C12H15N3O4. The molecule has 0 fully saturated rings. The number of ether oxygens (including phenoxy) is 2. The van der Waals surface area contributed by atoms with E-state index in [0.717, 1.165) is 0 Å². The van der Waals surface area contributed by atoms with Gasteiger partial charge in [-0.05, 0) is 6.92 Å². The minimum absolute atomic E-state index is 0.341. The molecule has 0 bridgehead atoms. The Morgan fingerprint density at radius 3 is 3.11 bits per heavy atom. The molecule has 0 radical (unpaired) electrons. The van der Waals surface area contributed by atoms with E-state index in [2.05, 4.69) is 10.3 Å². The van der Waals surface area contributed by atoms with Crippen molar-refractivity contribution in [2.24, 2.45) is 0 Å². The van der Waals surface area contributed by atoms with E-state index in [1.54, 1.807) is 31.0 Å². The van der Waals surface area contributed by atoms with E-state index in [0.29, 0.717) is 36.8 Å². The van der Waals surface area contributed by atoms with Gasteiger partial charge in [-0.1, -0.05) is 5.16 Å². The van der Waals surface area contributed by atoms with Crippen LogP contribution in [0.5, 0.6) is 0 Å². The van der Waals surface area contributed by atoms with Crippen molar-refractivity contribution in [3.05, 3.63) is 35.5 Å². The Hall–Kier alpha value is -2.15. The summed E-state index contributed by atoms with van der Waals surface area (Å²) in [6.45, 7) is 2.90. The van der Waals surface area contributed by atoms with Gasteiger partial charge in [0.2, 0.25) is 0 Å². The van der Waals surface area contributed by atoms with E-state index in [9.17, 15) is 4.79 Å². The number of esters is 1. The number of hydrogen-bond acceptors (Lipinski definition) is 6. The van der Waals surface area contributed by atoms with Gasteiger partial charge in [0.1, 0.15) is 12.3 Å². The summed E-state index contributed by atoms with van der Waals surface area (Å²) < 4.78 is 16.5. The molecule has 0 spiro atoms. The Kier molecular flexibility index (Phi) is 4.30. The standard InChI is InChI=1S/C12H15N3O4/c1-3-18-12(16)9-5-13-15(6-9)7-10-4-11(8-17-2)19-14-10/h4-6H,3,7-8H2,1-2H3. The highest BCUT2D eigenvalue weighted by atomic mass is 16.5. The zero-order valence-corrected chi connectivity index (χ0v) is 10.8. The Labute approximate surface area is 110 Å². The lowest BCUT2D eigenvalue weighted by Gasteiger charge is -1.97. The highest BCUT2D eigenvalue weighted by Gasteiger charge is 2.10. The van der Waals surface area contributed by atoms with Crippen LogP contribution in [0.15, 0.2) is 23.0 Å². The van der Waals surface area contributed by atoms with Crippen molar-refractivity contribution in [3.8, 4) is 0 Å². The number of rotatable bonds is 6. The number of carbonyl (C=O) groups excluding carboxylic acids is 1. The predicted octanol–water partition coefficient (Wildman–Crippen LogP) is 1.24. The average Bonchev–Trinajstić information content (AvgIpc) is 3.00. The minimum Gasteiger partial charge on any atom is -0.462 e.